The molecule has 0 saturated carbocycles. The lowest BCUT2D eigenvalue weighted by molar-refractivity contribution is 0.0956. The minimum atomic E-state index is 0.00468. The molecule has 94 valence electrons. The van der Waals surface area contributed by atoms with Gasteiger partial charge in [-0.1, -0.05) is 0 Å². The number of nitrogens with one attached hydrogen (secondary N) is 1. The van der Waals surface area contributed by atoms with Crippen LogP contribution in [0.5, 0.6) is 0 Å². The molecule has 0 saturated heterocycles. The third-order valence-corrected chi connectivity index (χ3v) is 3.97. The number of carbonyl (C=O) groups is 1. The number of hydrogen-bond donors (Lipinski definition) is 2. The van der Waals surface area contributed by atoms with Crippen LogP contribution in [0.2, 0.25) is 0 Å². The van der Waals surface area contributed by atoms with Gasteiger partial charge in [0.15, 0.2) is 0 Å². The molecule has 2 heterocycles. The highest BCUT2D eigenvalue weighted by molar-refractivity contribution is 7.14. The monoisotopic (exact) mass is 254 g/mol. The second-order valence-electron chi connectivity index (χ2n) is 4.38. The van der Waals surface area contributed by atoms with Crippen molar-refractivity contribution >= 4 is 17.2 Å². The van der Waals surface area contributed by atoms with Gasteiger partial charge in [-0.3, -0.25) is 4.79 Å². The van der Waals surface area contributed by atoms with Crippen LogP contribution in [-0.4, -0.2) is 25.1 Å². The molecule has 17 heavy (non-hydrogen) atoms. The number of fused-ring (bicyclic) bond motifs is 1. The normalized spacial score (nSPS) is 16.4. The quantitative estimate of drug-likeness (QED) is 0.851. The third kappa shape index (κ3) is 3.28. The van der Waals surface area contributed by atoms with Crippen molar-refractivity contribution in [2.45, 2.75) is 32.4 Å². The zero-order chi connectivity index (χ0) is 12.3. The summed E-state index contributed by atoms with van der Waals surface area (Å²) in [5.74, 6) is 0.00468. The van der Waals surface area contributed by atoms with Gasteiger partial charge in [0.1, 0.15) is 0 Å². The van der Waals surface area contributed by atoms with Crippen molar-refractivity contribution in [3.8, 4) is 0 Å². The first-order valence-corrected chi connectivity index (χ1v) is 6.71. The van der Waals surface area contributed by atoms with Gasteiger partial charge >= 0.3 is 0 Å². The molecule has 1 aliphatic heterocycles. The lowest BCUT2D eigenvalue weighted by atomic mass is 10.2. The topological polar surface area (TPSA) is 64.3 Å². The highest BCUT2D eigenvalue weighted by Crippen LogP contribution is 2.26. The van der Waals surface area contributed by atoms with Gasteiger partial charge in [0.25, 0.3) is 5.91 Å². The summed E-state index contributed by atoms with van der Waals surface area (Å²) in [7, 11) is 0. The molecule has 1 unspecified atom stereocenters. The van der Waals surface area contributed by atoms with E-state index in [9.17, 15) is 4.79 Å². The Labute approximate surface area is 105 Å². The van der Waals surface area contributed by atoms with Gasteiger partial charge in [0.05, 0.1) is 18.1 Å². The van der Waals surface area contributed by atoms with Gasteiger partial charge < -0.3 is 15.8 Å². The molecule has 0 fully saturated rings. The summed E-state index contributed by atoms with van der Waals surface area (Å²) in [5.41, 5.74) is 6.80. The van der Waals surface area contributed by atoms with E-state index in [0.717, 1.165) is 24.3 Å². The maximum absolute atomic E-state index is 11.9. The van der Waals surface area contributed by atoms with E-state index in [0.29, 0.717) is 13.2 Å². The van der Waals surface area contributed by atoms with E-state index in [1.54, 1.807) is 11.3 Å². The number of rotatable bonds is 4. The average molecular weight is 254 g/mol. The van der Waals surface area contributed by atoms with Crippen LogP contribution in [0, 0.1) is 0 Å². The van der Waals surface area contributed by atoms with Gasteiger partial charge in [-0.15, -0.1) is 11.3 Å². The second-order valence-corrected chi connectivity index (χ2v) is 5.52. The van der Waals surface area contributed by atoms with E-state index >= 15 is 0 Å². The predicted octanol–water partition coefficient (Wildman–Crippen LogP) is 1.29. The molecule has 0 aromatic carbocycles. The lowest BCUT2D eigenvalue weighted by Gasteiger charge is -2.10. The van der Waals surface area contributed by atoms with Gasteiger partial charge in [-0.2, -0.15) is 0 Å². The summed E-state index contributed by atoms with van der Waals surface area (Å²) in [6, 6.07) is 2.07. The lowest BCUT2D eigenvalue weighted by Crippen LogP contribution is -2.28. The van der Waals surface area contributed by atoms with Crippen LogP contribution >= 0.6 is 11.3 Å². The summed E-state index contributed by atoms with van der Waals surface area (Å²) in [6.45, 7) is 3.97. The summed E-state index contributed by atoms with van der Waals surface area (Å²) in [4.78, 5) is 13.9. The molecule has 3 N–H and O–H groups in total. The van der Waals surface area contributed by atoms with Crippen LogP contribution in [0.25, 0.3) is 0 Å². The van der Waals surface area contributed by atoms with Crippen molar-refractivity contribution in [3.05, 3.63) is 21.4 Å². The molecule has 1 aromatic rings. The zero-order valence-corrected chi connectivity index (χ0v) is 10.8. The minimum Gasteiger partial charge on any atom is -0.376 e. The molecule has 2 rings (SSSR count). The number of carbonyl (C=O) groups excluding carboxylic acids is 1. The van der Waals surface area contributed by atoms with Crippen LogP contribution in [0.1, 0.15) is 33.5 Å². The Kier molecular flexibility index (Phi) is 4.15. The molecule has 5 heteroatoms. The van der Waals surface area contributed by atoms with Gasteiger partial charge in [0.2, 0.25) is 0 Å². The largest absolute Gasteiger partial charge is 0.376 e. The fraction of sp³-hybridized carbons (Fsp3) is 0.583. The Hall–Kier alpha value is -0.910. The van der Waals surface area contributed by atoms with Gasteiger partial charge in [-0.05, 0) is 25.0 Å². The highest BCUT2D eigenvalue weighted by Gasteiger charge is 2.17. The Morgan fingerprint density at radius 2 is 2.53 bits per heavy atom. The zero-order valence-electron chi connectivity index (χ0n) is 9.99. The molecular weight excluding hydrogens is 236 g/mol. The summed E-state index contributed by atoms with van der Waals surface area (Å²) >= 11 is 1.58. The van der Waals surface area contributed by atoms with Crippen LogP contribution in [0.15, 0.2) is 6.07 Å². The fourth-order valence-electron chi connectivity index (χ4n) is 1.76. The first kappa shape index (κ1) is 12.5. The Bertz CT molecular complexity index is 378. The van der Waals surface area contributed by atoms with Crippen LogP contribution in [-0.2, 0) is 17.8 Å². The summed E-state index contributed by atoms with van der Waals surface area (Å²) in [6.07, 6.45) is 1.73. The number of hydrogen-bond acceptors (Lipinski definition) is 4. The van der Waals surface area contributed by atoms with E-state index in [4.69, 9.17) is 10.5 Å². The molecule has 4 nitrogen and oxygen atoms in total. The standard InChI is InChI=1S/C12H18N2O2S/c1-8(13)2-4-14-12(15)11-6-9-7-16-5-3-10(9)17-11/h6,8H,2-5,7,13H2,1H3,(H,14,15). The molecule has 1 aromatic heterocycles. The molecule has 0 spiro atoms. The van der Waals surface area contributed by atoms with Crippen molar-refractivity contribution in [3.63, 3.8) is 0 Å². The summed E-state index contributed by atoms with van der Waals surface area (Å²) in [5, 5.41) is 2.89. The van der Waals surface area contributed by atoms with Crippen LogP contribution in [0.3, 0.4) is 0 Å². The second kappa shape index (κ2) is 5.62. The third-order valence-electron chi connectivity index (χ3n) is 2.74. The van der Waals surface area contributed by atoms with Crippen molar-refractivity contribution < 1.29 is 9.53 Å². The molecule has 0 bridgehead atoms. The Morgan fingerprint density at radius 3 is 3.24 bits per heavy atom. The Balaban J connectivity index is 1.92. The van der Waals surface area contributed by atoms with E-state index in [1.807, 2.05) is 13.0 Å². The number of ether oxygens (including phenoxy) is 1. The Morgan fingerprint density at radius 1 is 1.71 bits per heavy atom. The molecular formula is C12H18N2O2S. The number of nitrogens with two attached hydrogens (primary N) is 1. The maximum Gasteiger partial charge on any atom is 0.261 e. The van der Waals surface area contributed by atoms with Crippen molar-refractivity contribution in [1.29, 1.82) is 0 Å². The first-order valence-electron chi connectivity index (χ1n) is 5.90. The van der Waals surface area contributed by atoms with E-state index in [2.05, 4.69) is 5.32 Å². The SMILES string of the molecule is CC(N)CCNC(=O)c1cc2c(s1)CCOC2. The maximum atomic E-state index is 11.9. The van der Waals surface area contributed by atoms with E-state index < -0.39 is 0 Å². The van der Waals surface area contributed by atoms with Crippen LogP contribution < -0.4 is 11.1 Å². The van der Waals surface area contributed by atoms with E-state index in [-0.39, 0.29) is 11.9 Å². The highest BCUT2D eigenvalue weighted by atomic mass is 32.1. The van der Waals surface area contributed by atoms with Crippen molar-refractivity contribution in [2.24, 2.45) is 5.73 Å². The molecule has 0 aliphatic carbocycles. The van der Waals surface area contributed by atoms with E-state index in [1.165, 1.54) is 10.4 Å². The molecule has 1 aliphatic rings. The molecule has 1 atom stereocenters. The summed E-state index contributed by atoms with van der Waals surface area (Å²) < 4.78 is 5.36. The smallest absolute Gasteiger partial charge is 0.261 e. The average Bonchev–Trinajstić information content (AvgIpc) is 2.71. The number of amides is 1. The molecule has 0 radical (unpaired) electrons. The first-order chi connectivity index (χ1) is 8.16. The van der Waals surface area contributed by atoms with Crippen molar-refractivity contribution in [1.82, 2.24) is 5.32 Å². The number of thiophene rings is 1. The van der Waals surface area contributed by atoms with Gasteiger partial charge in [-0.25, -0.2) is 0 Å². The van der Waals surface area contributed by atoms with Gasteiger partial charge in [0, 0.05) is 23.9 Å². The fourth-order valence-corrected chi connectivity index (χ4v) is 2.83. The van der Waals surface area contributed by atoms with Crippen molar-refractivity contribution in [2.75, 3.05) is 13.2 Å². The predicted molar refractivity (Wildman–Crippen MR) is 68.3 cm³/mol. The van der Waals surface area contributed by atoms with Crippen LogP contribution in [0.4, 0.5) is 0 Å². The molecule has 1 amide bonds. The minimum absolute atomic E-state index is 0.00468.